The van der Waals surface area contributed by atoms with Gasteiger partial charge in [-0.15, -0.1) is 11.3 Å². The summed E-state index contributed by atoms with van der Waals surface area (Å²) in [6, 6.07) is 1.26. The Morgan fingerprint density at radius 2 is 2.05 bits per heavy atom. The van der Waals surface area contributed by atoms with Crippen molar-refractivity contribution in [1.29, 1.82) is 0 Å². The maximum Gasteiger partial charge on any atom is 0.345 e. The molecule has 1 aromatic heterocycles. The van der Waals surface area contributed by atoms with Crippen LogP contribution in [0.3, 0.4) is 0 Å². The minimum Gasteiger partial charge on any atom is -0.477 e. The van der Waals surface area contributed by atoms with E-state index in [1.807, 2.05) is 0 Å². The topological polar surface area (TPSA) is 83.9 Å². The highest BCUT2D eigenvalue weighted by molar-refractivity contribution is 7.89. The Labute approximate surface area is 133 Å². The van der Waals surface area contributed by atoms with Crippen LogP contribution in [0, 0.1) is 5.41 Å². The van der Waals surface area contributed by atoms with Crippen molar-refractivity contribution in [2.24, 2.45) is 5.41 Å². The lowest BCUT2D eigenvalue weighted by Crippen LogP contribution is -2.48. The van der Waals surface area contributed by atoms with Crippen LogP contribution >= 0.6 is 11.3 Å². The Hall–Kier alpha value is -0.960. The molecule has 0 aromatic carbocycles. The number of nitrogens with zero attached hydrogens (tertiary/aromatic N) is 1. The third-order valence-electron chi connectivity index (χ3n) is 4.60. The van der Waals surface area contributed by atoms with E-state index in [9.17, 15) is 13.2 Å². The van der Waals surface area contributed by atoms with Crippen molar-refractivity contribution in [2.45, 2.75) is 30.6 Å². The second-order valence-corrected chi connectivity index (χ2v) is 8.86. The van der Waals surface area contributed by atoms with Crippen LogP contribution in [-0.4, -0.2) is 50.1 Å². The number of carboxylic acid groups (broad SMARTS) is 1. The summed E-state index contributed by atoms with van der Waals surface area (Å²) in [7, 11) is -3.61. The fraction of sp³-hybridized carbons (Fsp3) is 0.643. The van der Waals surface area contributed by atoms with Crippen molar-refractivity contribution in [2.75, 3.05) is 26.3 Å². The van der Waals surface area contributed by atoms with Crippen molar-refractivity contribution in [3.63, 3.8) is 0 Å². The van der Waals surface area contributed by atoms with E-state index in [-0.39, 0.29) is 15.2 Å². The Bertz CT molecular complexity index is 655. The van der Waals surface area contributed by atoms with E-state index in [0.717, 1.165) is 37.0 Å². The quantitative estimate of drug-likeness (QED) is 0.906. The molecule has 0 saturated carbocycles. The van der Waals surface area contributed by atoms with E-state index in [0.29, 0.717) is 26.3 Å². The van der Waals surface area contributed by atoms with E-state index in [1.54, 1.807) is 0 Å². The number of sulfonamides is 1. The molecule has 2 fully saturated rings. The molecule has 6 nitrogen and oxygen atoms in total. The Morgan fingerprint density at radius 1 is 1.32 bits per heavy atom. The molecular formula is C14H19NO5S2. The Balaban J connectivity index is 1.83. The van der Waals surface area contributed by atoms with Gasteiger partial charge in [-0.25, -0.2) is 13.2 Å². The summed E-state index contributed by atoms with van der Waals surface area (Å²) >= 11 is 0.950. The van der Waals surface area contributed by atoms with Crippen molar-refractivity contribution >= 4 is 27.3 Å². The third-order valence-corrected chi connectivity index (χ3v) is 7.49. The number of rotatable bonds is 3. The van der Waals surface area contributed by atoms with Gasteiger partial charge < -0.3 is 9.84 Å². The first-order valence-corrected chi connectivity index (χ1v) is 9.65. The third kappa shape index (κ3) is 2.92. The number of ether oxygens (including phenoxy) is 1. The zero-order chi connectivity index (χ0) is 15.8. The molecular weight excluding hydrogens is 326 g/mol. The Kier molecular flexibility index (Phi) is 4.28. The Morgan fingerprint density at radius 3 is 2.68 bits per heavy atom. The normalized spacial score (nSPS) is 22.7. The molecule has 2 saturated heterocycles. The first-order chi connectivity index (χ1) is 10.4. The largest absolute Gasteiger partial charge is 0.477 e. The number of hydrogen-bond acceptors (Lipinski definition) is 5. The molecule has 1 aromatic rings. The molecule has 0 bridgehead atoms. The summed E-state index contributed by atoms with van der Waals surface area (Å²) in [5.41, 5.74) is 0.0230. The maximum atomic E-state index is 12.8. The fourth-order valence-electron chi connectivity index (χ4n) is 3.30. The molecule has 1 N–H and O–H groups in total. The van der Waals surface area contributed by atoms with Crippen LogP contribution in [-0.2, 0) is 14.8 Å². The average molecular weight is 345 g/mol. The van der Waals surface area contributed by atoms with Crippen molar-refractivity contribution in [3.05, 3.63) is 16.3 Å². The lowest BCUT2D eigenvalue weighted by molar-refractivity contribution is -0.0117. The second kappa shape index (κ2) is 5.92. The standard InChI is InChI=1S/C14H19NO5S2/c16-13(17)12-8-11(9-21-12)22(18,19)15-5-1-2-14(10-15)3-6-20-7-4-14/h8-9H,1-7,10H2,(H,16,17). The molecule has 3 heterocycles. The van der Waals surface area contributed by atoms with Gasteiger partial charge in [0.05, 0.1) is 4.90 Å². The summed E-state index contributed by atoms with van der Waals surface area (Å²) in [5.74, 6) is -1.09. The SMILES string of the molecule is O=C(O)c1cc(S(=O)(=O)N2CCCC3(CCOCC3)C2)cs1. The van der Waals surface area contributed by atoms with Gasteiger partial charge in [0, 0.05) is 31.7 Å². The van der Waals surface area contributed by atoms with Crippen LogP contribution in [0.15, 0.2) is 16.3 Å². The second-order valence-electron chi connectivity index (χ2n) is 6.01. The summed E-state index contributed by atoms with van der Waals surface area (Å²) < 4.78 is 32.4. The minimum atomic E-state index is -3.61. The lowest BCUT2D eigenvalue weighted by Gasteiger charge is -2.44. The van der Waals surface area contributed by atoms with Crippen LogP contribution in [0.1, 0.15) is 35.4 Å². The first-order valence-electron chi connectivity index (χ1n) is 7.33. The predicted molar refractivity (Wildman–Crippen MR) is 81.8 cm³/mol. The molecule has 0 atom stereocenters. The van der Waals surface area contributed by atoms with E-state index in [1.165, 1.54) is 15.8 Å². The number of hydrogen-bond donors (Lipinski definition) is 1. The van der Waals surface area contributed by atoms with E-state index < -0.39 is 16.0 Å². The van der Waals surface area contributed by atoms with Gasteiger partial charge in [0.2, 0.25) is 10.0 Å². The monoisotopic (exact) mass is 345 g/mol. The van der Waals surface area contributed by atoms with Crippen LogP contribution in [0.2, 0.25) is 0 Å². The summed E-state index contributed by atoms with van der Waals surface area (Å²) in [6.45, 7) is 2.39. The number of piperidine rings is 1. The zero-order valence-corrected chi connectivity index (χ0v) is 13.8. The smallest absolute Gasteiger partial charge is 0.345 e. The van der Waals surface area contributed by atoms with Gasteiger partial charge in [-0.3, -0.25) is 0 Å². The molecule has 0 amide bonds. The maximum absolute atomic E-state index is 12.8. The molecule has 0 radical (unpaired) electrons. The van der Waals surface area contributed by atoms with Gasteiger partial charge in [0.15, 0.2) is 0 Å². The molecule has 0 aliphatic carbocycles. The van der Waals surface area contributed by atoms with E-state index >= 15 is 0 Å². The number of carbonyl (C=O) groups is 1. The van der Waals surface area contributed by atoms with Crippen molar-refractivity contribution < 1.29 is 23.1 Å². The predicted octanol–water partition coefficient (Wildman–Crippen LogP) is 2.03. The molecule has 3 rings (SSSR count). The highest BCUT2D eigenvalue weighted by atomic mass is 32.2. The number of thiophene rings is 1. The molecule has 2 aliphatic heterocycles. The zero-order valence-electron chi connectivity index (χ0n) is 12.2. The van der Waals surface area contributed by atoms with Gasteiger partial charge in [-0.2, -0.15) is 4.31 Å². The highest BCUT2D eigenvalue weighted by Gasteiger charge is 2.41. The first kappa shape index (κ1) is 15.9. The molecule has 122 valence electrons. The van der Waals surface area contributed by atoms with E-state index in [2.05, 4.69) is 0 Å². The van der Waals surface area contributed by atoms with Crippen LogP contribution in [0.4, 0.5) is 0 Å². The number of aromatic carboxylic acids is 1. The lowest BCUT2D eigenvalue weighted by atomic mass is 9.74. The highest BCUT2D eigenvalue weighted by Crippen LogP contribution is 2.40. The van der Waals surface area contributed by atoms with Gasteiger partial charge in [-0.1, -0.05) is 0 Å². The van der Waals surface area contributed by atoms with Gasteiger partial charge in [0.1, 0.15) is 4.88 Å². The molecule has 8 heteroatoms. The van der Waals surface area contributed by atoms with Crippen LogP contribution < -0.4 is 0 Å². The molecule has 0 unspecified atom stereocenters. The van der Waals surface area contributed by atoms with Gasteiger partial charge in [0.25, 0.3) is 0 Å². The summed E-state index contributed by atoms with van der Waals surface area (Å²) in [6.07, 6.45) is 3.66. The summed E-state index contributed by atoms with van der Waals surface area (Å²) in [5, 5.41) is 10.4. The van der Waals surface area contributed by atoms with E-state index in [4.69, 9.17) is 9.84 Å². The molecule has 1 spiro atoms. The van der Waals surface area contributed by atoms with Gasteiger partial charge in [-0.05, 0) is 37.2 Å². The minimum absolute atomic E-state index is 0.0230. The fourth-order valence-corrected chi connectivity index (χ4v) is 5.99. The summed E-state index contributed by atoms with van der Waals surface area (Å²) in [4.78, 5) is 11.1. The van der Waals surface area contributed by atoms with Crippen LogP contribution in [0.5, 0.6) is 0 Å². The molecule has 22 heavy (non-hydrogen) atoms. The number of carboxylic acids is 1. The van der Waals surface area contributed by atoms with Crippen LogP contribution in [0.25, 0.3) is 0 Å². The van der Waals surface area contributed by atoms with Gasteiger partial charge >= 0.3 is 5.97 Å². The molecule has 2 aliphatic rings. The average Bonchev–Trinajstić information content (AvgIpc) is 2.99. The van der Waals surface area contributed by atoms with Crippen molar-refractivity contribution in [3.8, 4) is 0 Å². The van der Waals surface area contributed by atoms with Crippen molar-refractivity contribution in [1.82, 2.24) is 4.31 Å².